The Morgan fingerprint density at radius 2 is 2.11 bits per heavy atom. The molecule has 1 saturated carbocycles. The Labute approximate surface area is 217 Å². The highest BCUT2D eigenvalue weighted by Gasteiger charge is 2.61. The van der Waals surface area contributed by atoms with E-state index >= 15 is 0 Å². The smallest absolute Gasteiger partial charge is 0.327 e. The van der Waals surface area contributed by atoms with Gasteiger partial charge in [0.05, 0.1) is 31.0 Å². The number of ether oxygens (including phenoxy) is 1. The van der Waals surface area contributed by atoms with Crippen LogP contribution in [-0.4, -0.2) is 34.5 Å². The van der Waals surface area contributed by atoms with Crippen LogP contribution in [0.25, 0.3) is 0 Å². The molecule has 5 rings (SSSR count). The van der Waals surface area contributed by atoms with E-state index in [1.165, 1.54) is 18.5 Å². The summed E-state index contributed by atoms with van der Waals surface area (Å²) in [6.07, 6.45) is 6.98. The molecule has 10 heteroatoms. The molecule has 2 heterocycles. The fraction of sp³-hybridized carbons (Fsp3) is 0.250. The molecule has 2 aromatic carbocycles. The fourth-order valence-corrected chi connectivity index (χ4v) is 4.93. The lowest BCUT2D eigenvalue weighted by Gasteiger charge is -2.27. The SMILES string of the molecule is N#Cc1ccc(CC=CC(=O)O)c(NC(=O)[C@@H]2C[C@]23CCOc2ccc(C(=O)NCc4ncco4)cc23)c1. The Kier molecular flexibility index (Phi) is 6.66. The number of carbonyl (C=O) groups excluding carboxylic acids is 2. The first-order chi connectivity index (χ1) is 18.4. The van der Waals surface area contributed by atoms with Crippen LogP contribution in [0.2, 0.25) is 0 Å². The maximum atomic E-state index is 13.4. The Morgan fingerprint density at radius 3 is 2.87 bits per heavy atom. The minimum atomic E-state index is -1.06. The molecule has 0 bridgehead atoms. The van der Waals surface area contributed by atoms with Crippen LogP contribution in [0.1, 0.15) is 45.8 Å². The number of rotatable bonds is 8. The number of aromatic nitrogens is 1. The van der Waals surface area contributed by atoms with Crippen LogP contribution in [-0.2, 0) is 28.0 Å². The highest BCUT2D eigenvalue weighted by molar-refractivity contribution is 5.98. The molecule has 0 radical (unpaired) electrons. The molecule has 1 aliphatic heterocycles. The molecule has 2 aliphatic rings. The van der Waals surface area contributed by atoms with Crippen molar-refractivity contribution in [3.63, 3.8) is 0 Å². The van der Waals surface area contributed by atoms with Crippen molar-refractivity contribution >= 4 is 23.5 Å². The molecule has 1 spiro atoms. The third-order valence-electron chi connectivity index (χ3n) is 6.95. The van der Waals surface area contributed by atoms with Gasteiger partial charge in [-0.15, -0.1) is 0 Å². The highest BCUT2D eigenvalue weighted by atomic mass is 16.5. The van der Waals surface area contributed by atoms with Crippen LogP contribution in [0.15, 0.2) is 65.4 Å². The minimum Gasteiger partial charge on any atom is -0.493 e. The van der Waals surface area contributed by atoms with E-state index in [9.17, 15) is 19.6 Å². The van der Waals surface area contributed by atoms with Crippen molar-refractivity contribution in [2.75, 3.05) is 11.9 Å². The second-order valence-electron chi connectivity index (χ2n) is 9.25. The number of aliphatic carboxylic acids is 1. The quantitative estimate of drug-likeness (QED) is 0.388. The number of allylic oxidation sites excluding steroid dienone is 1. The van der Waals surface area contributed by atoms with Gasteiger partial charge in [-0.1, -0.05) is 12.1 Å². The lowest BCUT2D eigenvalue weighted by Crippen LogP contribution is -2.28. The van der Waals surface area contributed by atoms with Gasteiger partial charge >= 0.3 is 5.97 Å². The van der Waals surface area contributed by atoms with Gasteiger partial charge in [-0.05, 0) is 55.2 Å². The van der Waals surface area contributed by atoms with Crippen molar-refractivity contribution in [3.05, 3.63) is 89.2 Å². The number of nitrogens with zero attached hydrogens (tertiary/aromatic N) is 2. The van der Waals surface area contributed by atoms with Crippen LogP contribution in [0, 0.1) is 17.2 Å². The Bertz CT molecular complexity index is 1470. The lowest BCUT2D eigenvalue weighted by molar-refractivity contribution is -0.131. The molecule has 0 unspecified atom stereocenters. The lowest BCUT2D eigenvalue weighted by atomic mass is 9.86. The predicted octanol–water partition coefficient (Wildman–Crippen LogP) is 3.34. The summed E-state index contributed by atoms with van der Waals surface area (Å²) in [5.74, 6) is -0.844. The Balaban J connectivity index is 1.34. The molecule has 1 aliphatic carbocycles. The molecular weight excluding hydrogens is 488 g/mol. The van der Waals surface area contributed by atoms with Gasteiger partial charge < -0.3 is 24.9 Å². The summed E-state index contributed by atoms with van der Waals surface area (Å²) in [6, 6.07) is 12.2. The van der Waals surface area contributed by atoms with Gasteiger partial charge in [-0.25, -0.2) is 9.78 Å². The van der Waals surface area contributed by atoms with Gasteiger partial charge in [-0.2, -0.15) is 5.26 Å². The number of carboxylic acid groups (broad SMARTS) is 1. The van der Waals surface area contributed by atoms with Crippen molar-refractivity contribution in [1.82, 2.24) is 10.3 Å². The fourth-order valence-electron chi connectivity index (χ4n) is 4.93. The molecule has 0 saturated heterocycles. The molecule has 2 atom stereocenters. The number of nitrogens with one attached hydrogen (secondary N) is 2. The number of nitriles is 1. The van der Waals surface area contributed by atoms with Crippen LogP contribution < -0.4 is 15.4 Å². The first-order valence-electron chi connectivity index (χ1n) is 12.1. The molecule has 3 aromatic rings. The van der Waals surface area contributed by atoms with E-state index in [1.54, 1.807) is 36.4 Å². The van der Waals surface area contributed by atoms with Gasteiger partial charge in [0.15, 0.2) is 0 Å². The number of hydrogen-bond acceptors (Lipinski definition) is 7. The van der Waals surface area contributed by atoms with E-state index in [1.807, 2.05) is 0 Å². The molecule has 10 nitrogen and oxygen atoms in total. The second-order valence-corrected chi connectivity index (χ2v) is 9.25. The van der Waals surface area contributed by atoms with Crippen molar-refractivity contribution in [2.24, 2.45) is 5.92 Å². The first kappa shape index (κ1) is 24.8. The third-order valence-corrected chi connectivity index (χ3v) is 6.95. The highest BCUT2D eigenvalue weighted by Crippen LogP contribution is 2.61. The standard InChI is InChI=1S/C28H24N4O6/c29-15-17-4-5-18(2-1-3-25(33)34)22(12-17)32-27(36)21-14-28(21)8-10-37-23-7-6-19(13-20(23)28)26(35)31-16-24-30-9-11-38-24/h1,3-7,9,11-13,21H,2,8,10,14,16H2,(H,31,35)(H,32,36)(H,33,34)/t21-,28-/m0/s1. The number of oxazole rings is 1. The maximum Gasteiger partial charge on any atom is 0.327 e. The number of fused-ring (bicyclic) bond motifs is 2. The summed E-state index contributed by atoms with van der Waals surface area (Å²) in [5, 5.41) is 23.9. The molecule has 2 amide bonds. The molecule has 38 heavy (non-hydrogen) atoms. The number of benzene rings is 2. The Morgan fingerprint density at radius 1 is 1.24 bits per heavy atom. The zero-order valence-corrected chi connectivity index (χ0v) is 20.3. The number of hydrogen-bond donors (Lipinski definition) is 3. The van der Waals surface area contributed by atoms with E-state index in [4.69, 9.17) is 14.3 Å². The summed E-state index contributed by atoms with van der Waals surface area (Å²) in [5.41, 5.74) is 2.37. The van der Waals surface area contributed by atoms with E-state index in [-0.39, 0.29) is 30.7 Å². The average molecular weight is 513 g/mol. The van der Waals surface area contributed by atoms with E-state index < -0.39 is 11.4 Å². The summed E-state index contributed by atoms with van der Waals surface area (Å²) in [7, 11) is 0. The van der Waals surface area contributed by atoms with Gasteiger partial charge in [0.1, 0.15) is 12.0 Å². The number of amides is 2. The molecule has 3 N–H and O–H groups in total. The van der Waals surface area contributed by atoms with Crippen LogP contribution in [0.5, 0.6) is 5.75 Å². The molecular formula is C28H24N4O6. The van der Waals surface area contributed by atoms with Gasteiger partial charge in [0, 0.05) is 34.2 Å². The normalized spacial score (nSPS) is 19.3. The summed E-state index contributed by atoms with van der Waals surface area (Å²) >= 11 is 0. The van der Waals surface area contributed by atoms with Crippen molar-refractivity contribution in [1.29, 1.82) is 5.26 Å². The van der Waals surface area contributed by atoms with E-state index in [0.717, 1.165) is 11.6 Å². The Hall–Kier alpha value is -4.91. The van der Waals surface area contributed by atoms with Crippen molar-refractivity contribution in [3.8, 4) is 11.8 Å². The summed E-state index contributed by atoms with van der Waals surface area (Å²) in [4.78, 5) is 41.0. The predicted molar refractivity (Wildman–Crippen MR) is 134 cm³/mol. The van der Waals surface area contributed by atoms with Gasteiger partial charge in [-0.3, -0.25) is 9.59 Å². The van der Waals surface area contributed by atoms with Crippen LogP contribution in [0.4, 0.5) is 5.69 Å². The minimum absolute atomic E-state index is 0.154. The molecule has 1 aromatic heterocycles. The van der Waals surface area contributed by atoms with Crippen molar-refractivity contribution in [2.45, 2.75) is 31.2 Å². The van der Waals surface area contributed by atoms with Gasteiger partial charge in [0.2, 0.25) is 11.8 Å². The second kappa shape index (κ2) is 10.2. The van der Waals surface area contributed by atoms with E-state index in [0.29, 0.717) is 53.5 Å². The number of anilines is 1. The van der Waals surface area contributed by atoms with Crippen LogP contribution >= 0.6 is 0 Å². The van der Waals surface area contributed by atoms with Crippen molar-refractivity contribution < 1.29 is 28.6 Å². The topological polar surface area (TPSA) is 155 Å². The molecule has 192 valence electrons. The average Bonchev–Trinajstić information content (AvgIpc) is 3.38. The van der Waals surface area contributed by atoms with Crippen LogP contribution in [0.3, 0.4) is 0 Å². The number of carbonyl (C=O) groups is 3. The first-order valence-corrected chi connectivity index (χ1v) is 12.1. The van der Waals surface area contributed by atoms with E-state index in [2.05, 4.69) is 21.7 Å². The molecule has 1 fully saturated rings. The zero-order valence-electron chi connectivity index (χ0n) is 20.3. The largest absolute Gasteiger partial charge is 0.493 e. The number of carboxylic acids is 1. The zero-order chi connectivity index (χ0) is 26.7. The summed E-state index contributed by atoms with van der Waals surface area (Å²) < 4.78 is 11.0. The monoisotopic (exact) mass is 512 g/mol. The van der Waals surface area contributed by atoms with Gasteiger partial charge in [0.25, 0.3) is 5.91 Å². The maximum absolute atomic E-state index is 13.4. The summed E-state index contributed by atoms with van der Waals surface area (Å²) in [6.45, 7) is 0.614. The third kappa shape index (κ3) is 4.99.